The minimum Gasteiger partial charge on any atom is -0.406 e. The van der Waals surface area contributed by atoms with Crippen molar-refractivity contribution in [3.05, 3.63) is 125 Å². The number of alkyl halides is 3. The van der Waals surface area contributed by atoms with E-state index in [4.69, 9.17) is 11.6 Å². The van der Waals surface area contributed by atoms with Gasteiger partial charge in [-0.3, -0.25) is 4.98 Å². The van der Waals surface area contributed by atoms with Crippen molar-refractivity contribution in [1.29, 1.82) is 0 Å². The Bertz CT molecular complexity index is 1300. The average Bonchev–Trinajstić information content (AvgIpc) is 2.84. The summed E-state index contributed by atoms with van der Waals surface area (Å²) in [4.78, 5) is 17.7. The Labute approximate surface area is 210 Å². The third-order valence-electron chi connectivity index (χ3n) is 5.40. The lowest BCUT2D eigenvalue weighted by molar-refractivity contribution is -0.274. The number of rotatable bonds is 7. The molecule has 1 heterocycles. The zero-order valence-electron chi connectivity index (χ0n) is 18.8. The number of para-hydroxylation sites is 1. The summed E-state index contributed by atoms with van der Waals surface area (Å²) in [6.07, 6.45) is -3.28. The Balaban J connectivity index is 1.85. The molecule has 0 spiro atoms. The Morgan fingerprint density at radius 1 is 0.889 bits per heavy atom. The van der Waals surface area contributed by atoms with Gasteiger partial charge in [0.1, 0.15) is 11.3 Å². The topological polar surface area (TPSA) is 63.2 Å². The second-order valence-corrected chi connectivity index (χ2v) is 8.39. The molecule has 0 fully saturated rings. The predicted octanol–water partition coefficient (Wildman–Crippen LogP) is 6.94. The molecule has 1 atom stereocenters. The Kier molecular flexibility index (Phi) is 7.45. The molecule has 2 N–H and O–H groups in total. The van der Waals surface area contributed by atoms with Crippen LogP contribution in [0.15, 0.2) is 103 Å². The van der Waals surface area contributed by atoms with Crippen molar-refractivity contribution < 1.29 is 22.7 Å². The van der Waals surface area contributed by atoms with Crippen molar-refractivity contribution >= 4 is 23.3 Å². The van der Waals surface area contributed by atoms with Gasteiger partial charge < -0.3 is 15.4 Å². The van der Waals surface area contributed by atoms with Gasteiger partial charge in [-0.2, -0.15) is 0 Å². The first-order chi connectivity index (χ1) is 17.2. The van der Waals surface area contributed by atoms with Crippen molar-refractivity contribution in [2.24, 2.45) is 0 Å². The van der Waals surface area contributed by atoms with Crippen molar-refractivity contribution in [3.63, 3.8) is 0 Å². The van der Waals surface area contributed by atoms with Gasteiger partial charge in [0.15, 0.2) is 0 Å². The first kappa shape index (κ1) is 25.1. The molecule has 0 unspecified atom stereocenters. The maximum Gasteiger partial charge on any atom is 0.573 e. The van der Waals surface area contributed by atoms with Gasteiger partial charge in [-0.1, -0.05) is 72.3 Å². The summed E-state index contributed by atoms with van der Waals surface area (Å²) in [5.41, 5.74) is 0.697. The van der Waals surface area contributed by atoms with Crippen LogP contribution in [0.25, 0.3) is 0 Å². The van der Waals surface area contributed by atoms with Crippen LogP contribution in [0.5, 0.6) is 5.75 Å². The van der Waals surface area contributed by atoms with Gasteiger partial charge in [0, 0.05) is 18.3 Å². The van der Waals surface area contributed by atoms with E-state index >= 15 is 0 Å². The van der Waals surface area contributed by atoms with Crippen molar-refractivity contribution in [3.8, 4) is 5.75 Å². The van der Waals surface area contributed by atoms with Gasteiger partial charge in [0.25, 0.3) is 0 Å². The number of hydrogen-bond donors (Lipinski definition) is 2. The zero-order valence-corrected chi connectivity index (χ0v) is 19.6. The highest BCUT2D eigenvalue weighted by molar-refractivity contribution is 6.30. The minimum absolute atomic E-state index is 0.181. The molecule has 0 aliphatic heterocycles. The molecular formula is C27H21ClF3N3O2. The number of nitrogens with zero attached hydrogens (tertiary/aromatic N) is 1. The van der Waals surface area contributed by atoms with Crippen LogP contribution in [0.3, 0.4) is 0 Å². The highest BCUT2D eigenvalue weighted by atomic mass is 35.5. The van der Waals surface area contributed by atoms with Crippen LogP contribution in [0.4, 0.5) is 23.7 Å². The molecule has 0 radical (unpaired) electrons. The first-order valence-corrected chi connectivity index (χ1v) is 11.3. The van der Waals surface area contributed by atoms with E-state index in [0.717, 1.165) is 5.56 Å². The summed E-state index contributed by atoms with van der Waals surface area (Å²) in [5.74, 6) is -0.420. The van der Waals surface area contributed by atoms with Gasteiger partial charge in [-0.05, 0) is 47.5 Å². The fraction of sp³-hybridized carbons (Fsp3) is 0.111. The van der Waals surface area contributed by atoms with Crippen molar-refractivity contribution in [2.75, 3.05) is 5.32 Å². The summed E-state index contributed by atoms with van der Waals surface area (Å²) in [5, 5.41) is 6.12. The average molecular weight is 512 g/mol. The molecule has 184 valence electrons. The molecule has 0 saturated carbocycles. The van der Waals surface area contributed by atoms with E-state index in [1.54, 1.807) is 42.5 Å². The van der Waals surface area contributed by atoms with Gasteiger partial charge >= 0.3 is 12.4 Å². The number of ether oxygens (including phenoxy) is 1. The van der Waals surface area contributed by atoms with Crippen molar-refractivity contribution in [2.45, 2.75) is 18.3 Å². The van der Waals surface area contributed by atoms with Crippen molar-refractivity contribution in [1.82, 2.24) is 10.3 Å². The lowest BCUT2D eigenvalue weighted by Gasteiger charge is -2.35. The number of anilines is 1. The maximum absolute atomic E-state index is 13.3. The van der Waals surface area contributed by atoms with Gasteiger partial charge in [-0.15, -0.1) is 13.2 Å². The molecule has 0 bridgehead atoms. The Morgan fingerprint density at radius 2 is 1.58 bits per heavy atom. The van der Waals surface area contributed by atoms with E-state index in [1.807, 2.05) is 36.4 Å². The highest BCUT2D eigenvalue weighted by Crippen LogP contribution is 2.36. The number of amides is 2. The van der Waals surface area contributed by atoms with Gasteiger partial charge in [0.05, 0.1) is 10.7 Å². The molecule has 0 saturated heterocycles. The molecule has 5 nitrogen and oxygen atoms in total. The summed E-state index contributed by atoms with van der Waals surface area (Å²) >= 11 is 6.07. The van der Waals surface area contributed by atoms with E-state index in [9.17, 15) is 18.0 Å². The molecule has 9 heteroatoms. The molecule has 2 amide bonds. The van der Waals surface area contributed by atoms with Gasteiger partial charge in [0.2, 0.25) is 0 Å². The molecular weight excluding hydrogens is 491 g/mol. The molecule has 1 aromatic heterocycles. The largest absolute Gasteiger partial charge is 0.573 e. The fourth-order valence-electron chi connectivity index (χ4n) is 3.89. The van der Waals surface area contributed by atoms with Crippen LogP contribution in [0.1, 0.15) is 16.8 Å². The summed E-state index contributed by atoms with van der Waals surface area (Å²) in [6, 6.07) is 26.2. The number of aromatic nitrogens is 1. The third-order valence-corrected chi connectivity index (χ3v) is 5.62. The quantitative estimate of drug-likeness (QED) is 0.282. The number of nitrogens with one attached hydrogen (secondary N) is 2. The SMILES string of the molecule is O=C(Nc1ccccc1)N[C@@](Cc1ccccc1)(c1cccc(OC(F)(F)F)c1)c1ccc(Cl)cn1. The number of carbonyl (C=O) groups excluding carboxylic acids is 1. The third kappa shape index (κ3) is 6.34. The smallest absolute Gasteiger partial charge is 0.406 e. The minimum atomic E-state index is -4.88. The Hall–Kier alpha value is -4.04. The molecule has 36 heavy (non-hydrogen) atoms. The van der Waals surface area contributed by atoms with Crippen LogP contribution in [-0.2, 0) is 12.0 Å². The van der Waals surface area contributed by atoms with E-state index < -0.39 is 23.7 Å². The number of urea groups is 1. The summed E-state index contributed by atoms with van der Waals surface area (Å²) < 4.78 is 43.2. The monoisotopic (exact) mass is 511 g/mol. The molecule has 0 aliphatic carbocycles. The molecule has 0 aliphatic rings. The fourth-order valence-corrected chi connectivity index (χ4v) is 4.00. The molecule has 4 aromatic rings. The number of carbonyl (C=O) groups is 1. The van der Waals surface area contributed by atoms with E-state index in [-0.39, 0.29) is 6.42 Å². The highest BCUT2D eigenvalue weighted by Gasteiger charge is 2.39. The lowest BCUT2D eigenvalue weighted by atomic mass is 9.80. The second kappa shape index (κ2) is 10.7. The van der Waals surface area contributed by atoms with Crippen LogP contribution in [0, 0.1) is 0 Å². The Morgan fingerprint density at radius 3 is 2.22 bits per heavy atom. The molecule has 3 aromatic carbocycles. The number of hydrogen-bond acceptors (Lipinski definition) is 3. The van der Waals surface area contributed by atoms with Gasteiger partial charge in [-0.25, -0.2) is 4.79 Å². The lowest BCUT2D eigenvalue weighted by Crippen LogP contribution is -2.50. The van der Waals surface area contributed by atoms with E-state index in [0.29, 0.717) is 22.0 Å². The number of halogens is 4. The normalized spacial score (nSPS) is 12.9. The first-order valence-electron chi connectivity index (χ1n) is 10.9. The van der Waals surface area contributed by atoms with E-state index in [2.05, 4.69) is 20.4 Å². The second-order valence-electron chi connectivity index (χ2n) is 7.95. The predicted molar refractivity (Wildman–Crippen MR) is 132 cm³/mol. The van der Waals surface area contributed by atoms with Crippen LogP contribution < -0.4 is 15.4 Å². The van der Waals surface area contributed by atoms with E-state index in [1.165, 1.54) is 24.4 Å². The van der Waals surface area contributed by atoms with Crippen LogP contribution in [0.2, 0.25) is 5.02 Å². The zero-order chi connectivity index (χ0) is 25.6. The standard InChI is InChI=1S/C27H21ClF3N3O2/c28-21-14-15-24(32-18-21)26(17-19-8-3-1-4-9-19,34-25(35)33-22-11-5-2-6-12-22)20-10-7-13-23(16-20)36-27(29,30)31/h1-16,18H,17H2,(H2,33,34,35)/t26-/m0/s1. The summed E-state index contributed by atoms with van der Waals surface area (Å²) in [6.45, 7) is 0. The van der Waals surface area contributed by atoms with Crippen LogP contribution >= 0.6 is 11.6 Å². The number of benzene rings is 3. The summed E-state index contributed by atoms with van der Waals surface area (Å²) in [7, 11) is 0. The van der Waals surface area contributed by atoms with Crippen LogP contribution in [-0.4, -0.2) is 17.4 Å². The maximum atomic E-state index is 13.3. The number of pyridine rings is 1. The molecule has 4 rings (SSSR count).